The van der Waals surface area contributed by atoms with Crippen LogP contribution in [0.5, 0.6) is 0 Å². The van der Waals surface area contributed by atoms with Gasteiger partial charge in [-0.25, -0.2) is 9.79 Å². The zero-order valence-corrected chi connectivity index (χ0v) is 21.0. The lowest BCUT2D eigenvalue weighted by molar-refractivity contribution is -0.139. The number of halogens is 2. The molecule has 11 heteroatoms. The number of anilines is 1. The number of amides is 2. The second-order valence-electron chi connectivity index (χ2n) is 8.42. The van der Waals surface area contributed by atoms with Crippen molar-refractivity contribution in [2.75, 3.05) is 11.4 Å². The van der Waals surface area contributed by atoms with Crippen molar-refractivity contribution in [2.24, 2.45) is 16.5 Å². The number of carboxylic acid groups (broad SMARTS) is 1. The molecule has 1 aliphatic heterocycles. The Morgan fingerprint density at radius 1 is 1.05 bits per heavy atom. The molecule has 2 amide bonds. The molecule has 6 N–H and O–H groups in total. The van der Waals surface area contributed by atoms with E-state index in [0.29, 0.717) is 35.5 Å². The van der Waals surface area contributed by atoms with Crippen molar-refractivity contribution in [3.63, 3.8) is 0 Å². The van der Waals surface area contributed by atoms with Crippen LogP contribution in [0.15, 0.2) is 65.7 Å². The van der Waals surface area contributed by atoms with Gasteiger partial charge in [0.05, 0.1) is 21.3 Å². The van der Waals surface area contributed by atoms with Gasteiger partial charge in [0.2, 0.25) is 0 Å². The number of nitrogens with two attached hydrogens (primary N) is 2. The van der Waals surface area contributed by atoms with Gasteiger partial charge < -0.3 is 26.8 Å². The number of hydrogen-bond acceptors (Lipinski definition) is 4. The number of guanidine groups is 1. The van der Waals surface area contributed by atoms with Gasteiger partial charge >= 0.3 is 5.97 Å². The Kier molecular flexibility index (Phi) is 7.66. The molecule has 0 saturated carbocycles. The second kappa shape index (κ2) is 10.9. The summed E-state index contributed by atoms with van der Waals surface area (Å²) in [6.07, 6.45) is 0.671. The zero-order chi connectivity index (χ0) is 26.7. The second-order valence-corrected chi connectivity index (χ2v) is 9.23. The molecule has 0 unspecified atom stereocenters. The summed E-state index contributed by atoms with van der Waals surface area (Å²) in [5, 5.41) is 12.4. The number of aliphatic carboxylic acids is 1. The molecule has 37 heavy (non-hydrogen) atoms. The number of benzene rings is 3. The Morgan fingerprint density at radius 2 is 1.73 bits per heavy atom. The fourth-order valence-corrected chi connectivity index (χ4v) is 4.69. The van der Waals surface area contributed by atoms with Gasteiger partial charge in [-0.05, 0) is 53.9 Å². The van der Waals surface area contributed by atoms with E-state index in [9.17, 15) is 19.5 Å². The number of rotatable bonds is 7. The normalized spacial score (nSPS) is 13.5. The van der Waals surface area contributed by atoms with E-state index in [1.54, 1.807) is 47.4 Å². The third-order valence-corrected chi connectivity index (χ3v) is 6.54. The first-order valence-corrected chi connectivity index (χ1v) is 12.0. The summed E-state index contributed by atoms with van der Waals surface area (Å²) in [5.41, 5.74) is 14.1. The van der Waals surface area contributed by atoms with Crippen LogP contribution in [0.2, 0.25) is 10.0 Å². The number of fused-ring (bicyclic) bond motifs is 1. The first kappa shape index (κ1) is 26.0. The molecule has 1 atom stereocenters. The van der Waals surface area contributed by atoms with Crippen LogP contribution in [-0.4, -0.2) is 41.4 Å². The predicted molar refractivity (Wildman–Crippen MR) is 143 cm³/mol. The summed E-state index contributed by atoms with van der Waals surface area (Å²) in [5.74, 6) is -2.17. The van der Waals surface area contributed by atoms with Gasteiger partial charge in [0.1, 0.15) is 6.04 Å². The summed E-state index contributed by atoms with van der Waals surface area (Å²) in [4.78, 5) is 43.4. The largest absolute Gasteiger partial charge is 0.480 e. The number of carboxylic acids is 1. The van der Waals surface area contributed by atoms with Crippen LogP contribution in [0.3, 0.4) is 0 Å². The molecule has 190 valence electrons. The Balaban J connectivity index is 1.49. The average molecular weight is 540 g/mol. The van der Waals surface area contributed by atoms with E-state index in [4.69, 9.17) is 34.7 Å². The highest BCUT2D eigenvalue weighted by Crippen LogP contribution is 2.28. The van der Waals surface area contributed by atoms with Crippen molar-refractivity contribution < 1.29 is 19.5 Å². The molecule has 3 aromatic rings. The molecule has 4 rings (SSSR count). The van der Waals surface area contributed by atoms with E-state index < -0.39 is 17.9 Å². The van der Waals surface area contributed by atoms with Crippen LogP contribution >= 0.6 is 23.2 Å². The van der Waals surface area contributed by atoms with Gasteiger partial charge in [-0.3, -0.25) is 9.59 Å². The van der Waals surface area contributed by atoms with E-state index in [0.717, 1.165) is 5.56 Å². The third-order valence-electron chi connectivity index (χ3n) is 5.91. The maximum atomic E-state index is 13.2. The minimum Gasteiger partial charge on any atom is -0.480 e. The Bertz CT molecular complexity index is 1380. The zero-order valence-electron chi connectivity index (χ0n) is 19.4. The molecule has 0 aromatic heterocycles. The van der Waals surface area contributed by atoms with Gasteiger partial charge in [-0.15, -0.1) is 0 Å². The number of carbonyl (C=O) groups is 3. The SMILES string of the molecule is NC(N)=Nc1ccc2c(c1)C(=O)N(c1ccc(C[C@H](NC(=O)c3c(Cl)cccc3Cl)C(=O)O)cc1)CC2. The standard InChI is InChI=1S/C26H23Cl2N5O4/c27-19-2-1-3-20(28)22(19)23(34)32-21(25(36)37)12-14-4-8-17(9-5-14)33-11-10-15-6-7-16(31-26(29)30)13-18(15)24(33)35/h1-9,13,21H,10-12H2,(H,32,34)(H,36,37)(H4,29,30,31)/t21-/m0/s1. The van der Waals surface area contributed by atoms with E-state index >= 15 is 0 Å². The van der Waals surface area contributed by atoms with Gasteiger partial charge in [0.15, 0.2) is 5.96 Å². The van der Waals surface area contributed by atoms with Crippen molar-refractivity contribution in [1.82, 2.24) is 5.32 Å². The highest BCUT2D eigenvalue weighted by molar-refractivity contribution is 6.39. The van der Waals surface area contributed by atoms with E-state index in [-0.39, 0.29) is 33.9 Å². The molecule has 1 aliphatic rings. The lowest BCUT2D eigenvalue weighted by Gasteiger charge is -2.29. The maximum Gasteiger partial charge on any atom is 0.326 e. The number of aliphatic imine (C=N–C) groups is 1. The summed E-state index contributed by atoms with van der Waals surface area (Å²) in [6.45, 7) is 0.485. The number of nitrogens with zero attached hydrogens (tertiary/aromatic N) is 2. The quantitative estimate of drug-likeness (QED) is 0.266. The molecule has 9 nitrogen and oxygen atoms in total. The van der Waals surface area contributed by atoms with Crippen molar-refractivity contribution in [1.29, 1.82) is 0 Å². The lowest BCUT2D eigenvalue weighted by atomic mass is 9.97. The summed E-state index contributed by atoms with van der Waals surface area (Å²) in [7, 11) is 0. The van der Waals surface area contributed by atoms with Crippen LogP contribution < -0.4 is 21.7 Å². The molecule has 0 radical (unpaired) electrons. The summed E-state index contributed by atoms with van der Waals surface area (Å²) < 4.78 is 0. The first-order valence-electron chi connectivity index (χ1n) is 11.2. The molecule has 0 fully saturated rings. The monoisotopic (exact) mass is 539 g/mol. The Labute approximate surface area is 222 Å². The van der Waals surface area contributed by atoms with Crippen LogP contribution in [0.25, 0.3) is 0 Å². The fraction of sp³-hybridized carbons (Fsp3) is 0.154. The van der Waals surface area contributed by atoms with Crippen molar-refractivity contribution in [2.45, 2.75) is 18.9 Å². The minimum absolute atomic E-state index is 0.0133. The van der Waals surface area contributed by atoms with E-state index in [2.05, 4.69) is 10.3 Å². The van der Waals surface area contributed by atoms with Crippen LogP contribution in [0, 0.1) is 0 Å². The predicted octanol–water partition coefficient (Wildman–Crippen LogP) is 3.53. The maximum absolute atomic E-state index is 13.2. The highest BCUT2D eigenvalue weighted by Gasteiger charge is 2.27. The molecule has 0 saturated heterocycles. The van der Waals surface area contributed by atoms with Crippen LogP contribution in [-0.2, 0) is 17.6 Å². The smallest absolute Gasteiger partial charge is 0.326 e. The third kappa shape index (κ3) is 5.84. The van der Waals surface area contributed by atoms with Crippen molar-refractivity contribution in [3.05, 3.63) is 93.0 Å². The number of hydrogen-bond donors (Lipinski definition) is 4. The average Bonchev–Trinajstić information content (AvgIpc) is 2.84. The molecular formula is C26H23Cl2N5O4. The molecular weight excluding hydrogens is 517 g/mol. The number of carbonyl (C=O) groups excluding carboxylic acids is 2. The van der Waals surface area contributed by atoms with E-state index in [1.165, 1.54) is 12.1 Å². The molecule has 0 aliphatic carbocycles. The summed E-state index contributed by atoms with van der Waals surface area (Å²) in [6, 6.07) is 15.5. The van der Waals surface area contributed by atoms with Gasteiger partial charge in [0.25, 0.3) is 11.8 Å². The molecule has 0 spiro atoms. The topological polar surface area (TPSA) is 151 Å². The Hall–Kier alpha value is -4.08. The van der Waals surface area contributed by atoms with Crippen LogP contribution in [0.4, 0.5) is 11.4 Å². The van der Waals surface area contributed by atoms with Gasteiger partial charge in [-0.1, -0.05) is 47.5 Å². The summed E-state index contributed by atoms with van der Waals surface area (Å²) >= 11 is 12.1. The van der Waals surface area contributed by atoms with Crippen LogP contribution in [0.1, 0.15) is 31.8 Å². The molecule has 1 heterocycles. The Morgan fingerprint density at radius 3 is 2.35 bits per heavy atom. The number of nitrogens with one attached hydrogen (secondary N) is 1. The first-order chi connectivity index (χ1) is 17.6. The van der Waals surface area contributed by atoms with E-state index in [1.807, 2.05) is 6.07 Å². The minimum atomic E-state index is -1.22. The fourth-order valence-electron chi connectivity index (χ4n) is 4.12. The van der Waals surface area contributed by atoms with Crippen molar-refractivity contribution >= 4 is 58.3 Å². The van der Waals surface area contributed by atoms with Gasteiger partial charge in [-0.2, -0.15) is 0 Å². The molecule has 3 aromatic carbocycles. The highest BCUT2D eigenvalue weighted by atomic mass is 35.5. The molecule has 0 bridgehead atoms. The lowest BCUT2D eigenvalue weighted by Crippen LogP contribution is -2.42. The van der Waals surface area contributed by atoms with Crippen molar-refractivity contribution in [3.8, 4) is 0 Å². The van der Waals surface area contributed by atoms with Gasteiger partial charge in [0, 0.05) is 24.2 Å².